The Morgan fingerprint density at radius 3 is 2.76 bits per heavy atom. The molecule has 17 heavy (non-hydrogen) atoms. The van der Waals surface area contributed by atoms with E-state index in [1.165, 1.54) is 0 Å². The highest BCUT2D eigenvalue weighted by Gasteiger charge is 2.22. The molecule has 0 aromatic carbocycles. The van der Waals surface area contributed by atoms with Crippen LogP contribution in [0.4, 0.5) is 4.79 Å². The van der Waals surface area contributed by atoms with E-state index in [-0.39, 0.29) is 12.1 Å². The minimum Gasteiger partial charge on any atom is -0.480 e. The quantitative estimate of drug-likeness (QED) is 0.661. The van der Waals surface area contributed by atoms with E-state index in [1.54, 1.807) is 6.92 Å². The smallest absolute Gasteiger partial charge is 0.326 e. The van der Waals surface area contributed by atoms with Gasteiger partial charge >= 0.3 is 12.0 Å². The summed E-state index contributed by atoms with van der Waals surface area (Å²) >= 11 is 0. The second-order valence-electron chi connectivity index (χ2n) is 4.52. The third-order valence-corrected chi connectivity index (χ3v) is 2.97. The normalized spacial score (nSPS) is 22.8. The van der Waals surface area contributed by atoms with E-state index < -0.39 is 12.0 Å². The largest absolute Gasteiger partial charge is 0.480 e. The summed E-state index contributed by atoms with van der Waals surface area (Å²) < 4.78 is 0. The van der Waals surface area contributed by atoms with Crippen LogP contribution in [0.1, 0.15) is 26.2 Å². The number of carboxylic acids is 1. The molecule has 1 heterocycles. The van der Waals surface area contributed by atoms with Gasteiger partial charge in [-0.3, -0.25) is 0 Å². The molecule has 2 unspecified atom stereocenters. The van der Waals surface area contributed by atoms with E-state index in [2.05, 4.69) is 15.5 Å². The molecule has 0 aromatic rings. The Labute approximate surface area is 101 Å². The van der Waals surface area contributed by atoms with Crippen molar-refractivity contribution in [2.45, 2.75) is 38.3 Å². The van der Waals surface area contributed by atoms with Gasteiger partial charge < -0.3 is 20.6 Å². The van der Waals surface area contributed by atoms with Crippen LogP contribution < -0.4 is 10.6 Å². The number of carboxylic acid groups (broad SMARTS) is 1. The van der Waals surface area contributed by atoms with E-state index >= 15 is 0 Å². The van der Waals surface area contributed by atoms with Crippen molar-refractivity contribution in [3.63, 3.8) is 0 Å². The fraction of sp³-hybridized carbons (Fsp3) is 0.818. The molecule has 0 bridgehead atoms. The van der Waals surface area contributed by atoms with Gasteiger partial charge in [0.1, 0.15) is 6.04 Å². The minimum atomic E-state index is -0.997. The zero-order valence-electron chi connectivity index (χ0n) is 10.4. The highest BCUT2D eigenvalue weighted by atomic mass is 16.4. The monoisotopic (exact) mass is 243 g/mol. The lowest BCUT2D eigenvalue weighted by Crippen LogP contribution is -2.52. The first-order chi connectivity index (χ1) is 8.02. The second kappa shape index (κ2) is 6.44. The molecule has 1 fully saturated rings. The number of amides is 2. The molecule has 1 rings (SSSR count). The van der Waals surface area contributed by atoms with E-state index in [1.807, 2.05) is 7.05 Å². The second-order valence-corrected chi connectivity index (χ2v) is 4.52. The van der Waals surface area contributed by atoms with Gasteiger partial charge in [0.05, 0.1) is 0 Å². The summed E-state index contributed by atoms with van der Waals surface area (Å²) in [7, 11) is 2.01. The first-order valence-corrected chi connectivity index (χ1v) is 6.01. The summed E-state index contributed by atoms with van der Waals surface area (Å²) in [5, 5.41) is 14.1. The molecule has 1 aliphatic rings. The molecule has 98 valence electrons. The molecule has 6 heteroatoms. The summed E-state index contributed by atoms with van der Waals surface area (Å²) in [5.74, 6) is -0.997. The van der Waals surface area contributed by atoms with Crippen LogP contribution in [0.15, 0.2) is 0 Å². The van der Waals surface area contributed by atoms with Crippen LogP contribution in [-0.4, -0.2) is 54.2 Å². The van der Waals surface area contributed by atoms with Crippen molar-refractivity contribution in [1.29, 1.82) is 0 Å². The van der Waals surface area contributed by atoms with Gasteiger partial charge in [-0.25, -0.2) is 9.59 Å². The van der Waals surface area contributed by atoms with Crippen LogP contribution >= 0.6 is 0 Å². The van der Waals surface area contributed by atoms with Gasteiger partial charge in [-0.1, -0.05) is 6.92 Å². The van der Waals surface area contributed by atoms with Crippen LogP contribution in [-0.2, 0) is 4.79 Å². The number of aliphatic carboxylic acids is 1. The molecule has 1 aliphatic heterocycles. The molecule has 0 saturated carbocycles. The topological polar surface area (TPSA) is 81.7 Å². The Bertz CT molecular complexity index is 283. The van der Waals surface area contributed by atoms with Crippen LogP contribution in [0.2, 0.25) is 0 Å². The number of hydrogen-bond donors (Lipinski definition) is 3. The van der Waals surface area contributed by atoms with Gasteiger partial charge in [0, 0.05) is 12.6 Å². The number of carbonyl (C=O) groups is 2. The maximum Gasteiger partial charge on any atom is 0.326 e. The van der Waals surface area contributed by atoms with E-state index in [0.29, 0.717) is 6.42 Å². The Hall–Kier alpha value is -1.30. The molecule has 0 aliphatic carbocycles. The molecule has 6 nitrogen and oxygen atoms in total. The van der Waals surface area contributed by atoms with Gasteiger partial charge in [-0.15, -0.1) is 0 Å². The SMILES string of the molecule is CCC(NC(=O)NC1CCCN(C)C1)C(=O)O. The summed E-state index contributed by atoms with van der Waals surface area (Å²) in [6.45, 7) is 3.59. The third kappa shape index (κ3) is 4.60. The predicted molar refractivity (Wildman–Crippen MR) is 63.9 cm³/mol. The number of rotatable bonds is 4. The number of likely N-dealkylation sites (tertiary alicyclic amines) is 1. The Morgan fingerprint density at radius 1 is 1.53 bits per heavy atom. The first kappa shape index (κ1) is 13.8. The molecule has 3 N–H and O–H groups in total. The number of urea groups is 1. The van der Waals surface area contributed by atoms with Gasteiger partial charge in [-0.2, -0.15) is 0 Å². The molecule has 0 aromatic heterocycles. The fourth-order valence-corrected chi connectivity index (χ4v) is 2.01. The maximum absolute atomic E-state index is 11.6. The predicted octanol–water partition coefficient (Wildman–Crippen LogP) is 0.243. The zero-order chi connectivity index (χ0) is 12.8. The summed E-state index contributed by atoms with van der Waals surface area (Å²) in [6.07, 6.45) is 2.38. The number of hydrogen-bond acceptors (Lipinski definition) is 3. The molecule has 0 spiro atoms. The lowest BCUT2D eigenvalue weighted by molar-refractivity contribution is -0.139. The summed E-state index contributed by atoms with van der Waals surface area (Å²) in [6, 6.07) is -1.09. The molecule has 1 saturated heterocycles. The van der Waals surface area contributed by atoms with Crippen molar-refractivity contribution < 1.29 is 14.7 Å². The number of piperidine rings is 1. The molecular formula is C11H21N3O3. The average molecular weight is 243 g/mol. The van der Waals surface area contributed by atoms with Crippen LogP contribution in [0, 0.1) is 0 Å². The van der Waals surface area contributed by atoms with Crippen molar-refractivity contribution in [2.24, 2.45) is 0 Å². The van der Waals surface area contributed by atoms with Gasteiger partial charge in [0.15, 0.2) is 0 Å². The standard InChI is InChI=1S/C11H21N3O3/c1-3-9(10(15)16)13-11(17)12-8-5-4-6-14(2)7-8/h8-9H,3-7H2,1-2H3,(H,15,16)(H2,12,13,17). The van der Waals surface area contributed by atoms with Crippen molar-refractivity contribution in [1.82, 2.24) is 15.5 Å². The van der Waals surface area contributed by atoms with Crippen molar-refractivity contribution >= 4 is 12.0 Å². The lowest BCUT2D eigenvalue weighted by Gasteiger charge is -2.30. The number of nitrogens with zero attached hydrogens (tertiary/aromatic N) is 1. The fourth-order valence-electron chi connectivity index (χ4n) is 2.01. The Morgan fingerprint density at radius 2 is 2.24 bits per heavy atom. The lowest BCUT2D eigenvalue weighted by atomic mass is 10.1. The first-order valence-electron chi connectivity index (χ1n) is 6.01. The van der Waals surface area contributed by atoms with Crippen LogP contribution in [0.5, 0.6) is 0 Å². The average Bonchev–Trinajstić information content (AvgIpc) is 2.25. The highest BCUT2D eigenvalue weighted by molar-refractivity contribution is 5.82. The zero-order valence-corrected chi connectivity index (χ0v) is 10.4. The van der Waals surface area contributed by atoms with Crippen molar-refractivity contribution in [3.05, 3.63) is 0 Å². The number of likely N-dealkylation sites (N-methyl/N-ethyl adjacent to an activating group) is 1. The van der Waals surface area contributed by atoms with Gasteiger partial charge in [-0.05, 0) is 32.9 Å². The Kier molecular flexibility index (Phi) is 5.21. The van der Waals surface area contributed by atoms with E-state index in [9.17, 15) is 9.59 Å². The van der Waals surface area contributed by atoms with Gasteiger partial charge in [0.2, 0.25) is 0 Å². The summed E-state index contributed by atoms with van der Waals surface area (Å²) in [4.78, 5) is 24.5. The van der Waals surface area contributed by atoms with Crippen molar-refractivity contribution in [3.8, 4) is 0 Å². The van der Waals surface area contributed by atoms with E-state index in [4.69, 9.17) is 5.11 Å². The molecular weight excluding hydrogens is 222 g/mol. The molecule has 2 atom stereocenters. The molecule has 0 radical (unpaired) electrons. The van der Waals surface area contributed by atoms with Crippen molar-refractivity contribution in [2.75, 3.05) is 20.1 Å². The minimum absolute atomic E-state index is 0.111. The number of nitrogens with one attached hydrogen (secondary N) is 2. The Balaban J connectivity index is 2.35. The third-order valence-electron chi connectivity index (χ3n) is 2.97. The highest BCUT2D eigenvalue weighted by Crippen LogP contribution is 2.07. The van der Waals surface area contributed by atoms with Crippen LogP contribution in [0.3, 0.4) is 0 Å². The number of carbonyl (C=O) groups excluding carboxylic acids is 1. The maximum atomic E-state index is 11.6. The van der Waals surface area contributed by atoms with E-state index in [0.717, 1.165) is 25.9 Å². The molecule has 2 amide bonds. The summed E-state index contributed by atoms with van der Waals surface area (Å²) in [5.41, 5.74) is 0. The van der Waals surface area contributed by atoms with Crippen LogP contribution in [0.25, 0.3) is 0 Å². The van der Waals surface area contributed by atoms with Gasteiger partial charge in [0.25, 0.3) is 0 Å².